The summed E-state index contributed by atoms with van der Waals surface area (Å²) < 4.78 is 29.4. The van der Waals surface area contributed by atoms with E-state index >= 15 is 0 Å². The maximum Gasteiger partial charge on any atom is 0.410 e. The average molecular weight is 602 g/mol. The van der Waals surface area contributed by atoms with Gasteiger partial charge >= 0.3 is 6.09 Å². The molecule has 0 aliphatic carbocycles. The van der Waals surface area contributed by atoms with Gasteiger partial charge in [-0.1, -0.05) is 31.5 Å². The maximum atomic E-state index is 12.8. The lowest BCUT2D eigenvalue weighted by atomic mass is 9.81. The Labute approximate surface area is 247 Å². The summed E-state index contributed by atoms with van der Waals surface area (Å²) in [6.45, 7) is 11.1. The lowest BCUT2D eigenvalue weighted by molar-refractivity contribution is 0.0225. The van der Waals surface area contributed by atoms with Gasteiger partial charge in [0.15, 0.2) is 11.6 Å². The Hall–Kier alpha value is -3.55. The number of anilines is 4. The van der Waals surface area contributed by atoms with E-state index in [0.29, 0.717) is 37.0 Å². The summed E-state index contributed by atoms with van der Waals surface area (Å²) in [5.74, 6) is 0.850. The molecule has 2 N–H and O–H groups in total. The van der Waals surface area contributed by atoms with Crippen LogP contribution < -0.4 is 14.9 Å². The van der Waals surface area contributed by atoms with Gasteiger partial charge in [0.1, 0.15) is 16.3 Å². The Kier molecular flexibility index (Phi) is 9.00. The third kappa shape index (κ3) is 7.60. The number of carbonyl (C=O) groups excluding carboxylic acids is 1. The summed E-state index contributed by atoms with van der Waals surface area (Å²) in [7, 11) is 1.38. The van der Waals surface area contributed by atoms with Gasteiger partial charge in [0.2, 0.25) is 5.95 Å². The molecule has 0 radical (unpaired) electrons. The quantitative estimate of drug-likeness (QED) is 0.369. The minimum atomic E-state index is -2.50. The Bertz CT molecular complexity index is 1450. The molecule has 0 fully saturated rings. The number of halogens is 1. The second kappa shape index (κ2) is 12.1. The second-order valence-electron chi connectivity index (χ2n) is 11.3. The van der Waals surface area contributed by atoms with Gasteiger partial charge in [0.25, 0.3) is 0 Å². The van der Waals surface area contributed by atoms with Gasteiger partial charge in [-0.05, 0) is 50.5 Å². The predicted molar refractivity (Wildman–Crippen MR) is 158 cm³/mol. The van der Waals surface area contributed by atoms with Crippen molar-refractivity contribution in [3.8, 4) is 0 Å². The molecule has 1 aliphatic rings. The van der Waals surface area contributed by atoms with Crippen molar-refractivity contribution in [2.24, 2.45) is 0 Å². The first-order chi connectivity index (χ1) is 19.2. The largest absolute Gasteiger partial charge is 0.755 e. The van der Waals surface area contributed by atoms with E-state index < -0.39 is 16.9 Å². The van der Waals surface area contributed by atoms with Gasteiger partial charge in [-0.2, -0.15) is 4.98 Å². The van der Waals surface area contributed by atoms with Crippen LogP contribution in [0.5, 0.6) is 0 Å². The molecule has 0 saturated heterocycles. The highest BCUT2D eigenvalue weighted by Gasteiger charge is 2.33. The number of nitrogens with one attached hydrogen (secondary N) is 2. The van der Waals surface area contributed by atoms with E-state index in [2.05, 4.69) is 50.5 Å². The molecule has 2 aromatic heterocycles. The molecule has 0 bridgehead atoms. The van der Waals surface area contributed by atoms with Crippen molar-refractivity contribution in [2.45, 2.75) is 58.6 Å². The first kappa shape index (κ1) is 30.4. The van der Waals surface area contributed by atoms with Gasteiger partial charge in [-0.15, -0.1) is 0 Å². The maximum absolute atomic E-state index is 12.8. The van der Waals surface area contributed by atoms with Gasteiger partial charge in [0.05, 0.1) is 12.7 Å². The van der Waals surface area contributed by atoms with Crippen molar-refractivity contribution >= 4 is 52.2 Å². The number of benzene rings is 1. The molecule has 220 valence electrons. The Morgan fingerprint density at radius 2 is 1.98 bits per heavy atom. The highest BCUT2D eigenvalue weighted by Crippen LogP contribution is 2.34. The molecule has 4 rings (SSSR count). The molecule has 0 spiro atoms. The van der Waals surface area contributed by atoms with Crippen LogP contribution in [0.2, 0.25) is 5.02 Å². The zero-order chi connectivity index (χ0) is 29.9. The first-order valence-corrected chi connectivity index (χ1v) is 14.4. The van der Waals surface area contributed by atoms with Gasteiger partial charge in [-0.25, -0.2) is 14.8 Å². The molecule has 12 nitrogen and oxygen atoms in total. The molecule has 14 heteroatoms. The zero-order valence-electron chi connectivity index (χ0n) is 23.9. The molecule has 3 heterocycles. The van der Waals surface area contributed by atoms with Crippen LogP contribution in [0.4, 0.5) is 28.1 Å². The van der Waals surface area contributed by atoms with E-state index in [4.69, 9.17) is 16.3 Å². The number of nitrogens with zero attached hydrogens (tertiary/aromatic N) is 6. The topological polar surface area (TPSA) is 149 Å². The van der Waals surface area contributed by atoms with Crippen LogP contribution in [0.1, 0.15) is 51.4 Å². The molecular weight excluding hydrogens is 568 g/mol. The minimum absolute atomic E-state index is 0.128. The van der Waals surface area contributed by atoms with Crippen molar-refractivity contribution in [1.82, 2.24) is 24.8 Å². The van der Waals surface area contributed by atoms with Crippen molar-refractivity contribution in [2.75, 3.05) is 35.1 Å². The van der Waals surface area contributed by atoms with Crippen molar-refractivity contribution in [3.05, 3.63) is 58.6 Å². The van der Waals surface area contributed by atoms with E-state index in [0.717, 1.165) is 21.1 Å². The molecular formula is C27H34ClN8O4S-. The third-order valence-corrected chi connectivity index (χ3v) is 7.32. The molecule has 1 aliphatic heterocycles. The summed E-state index contributed by atoms with van der Waals surface area (Å²) in [6.07, 6.45) is 4.72. The number of carbonyl (C=O) groups is 1. The van der Waals surface area contributed by atoms with Crippen molar-refractivity contribution in [3.63, 3.8) is 0 Å². The van der Waals surface area contributed by atoms with E-state index in [1.54, 1.807) is 4.90 Å². The number of aromatic nitrogens is 4. The van der Waals surface area contributed by atoms with E-state index in [-0.39, 0.29) is 28.9 Å². The van der Waals surface area contributed by atoms with Gasteiger partial charge < -0.3 is 24.8 Å². The lowest BCUT2D eigenvalue weighted by Gasteiger charge is -2.32. The summed E-state index contributed by atoms with van der Waals surface area (Å²) >= 11 is 3.84. The monoisotopic (exact) mass is 601 g/mol. The number of amides is 1. The standard InChI is InChI=1S/C27H35ClN8O4S/c1-26(2,3)40-25(37)36-12-9-17-13-18(7-8-19(17)27(4,5)16-36)33-24-32-14-20(28)22(34-24)31-15-21-23(30-11-10-29-21)35(6)41(38)39/h7-8,10-11,13-14H,9,12,15-16H2,1-6H3,(H,38,39)(H2,31,32,33,34)/p-1. The first-order valence-electron chi connectivity index (χ1n) is 13.0. The van der Waals surface area contributed by atoms with E-state index in [9.17, 15) is 13.6 Å². The molecule has 1 aromatic carbocycles. The van der Waals surface area contributed by atoms with Crippen LogP contribution in [0, 0.1) is 0 Å². The molecule has 3 aromatic rings. The fourth-order valence-electron chi connectivity index (χ4n) is 4.58. The Morgan fingerprint density at radius 1 is 1.24 bits per heavy atom. The van der Waals surface area contributed by atoms with Crippen LogP contribution in [0.15, 0.2) is 36.8 Å². The minimum Gasteiger partial charge on any atom is -0.755 e. The number of hydrogen-bond donors (Lipinski definition) is 2. The predicted octanol–water partition coefficient (Wildman–Crippen LogP) is 4.58. The summed E-state index contributed by atoms with van der Waals surface area (Å²) in [5.41, 5.74) is 2.63. The second-order valence-corrected chi connectivity index (χ2v) is 12.7. The average Bonchev–Trinajstić information content (AvgIpc) is 3.03. The Balaban J connectivity index is 1.50. The number of hydrogen-bond acceptors (Lipinski definition) is 10. The summed E-state index contributed by atoms with van der Waals surface area (Å²) in [4.78, 5) is 31.7. The van der Waals surface area contributed by atoms with E-state index in [1.165, 1.54) is 25.6 Å². The highest BCUT2D eigenvalue weighted by molar-refractivity contribution is 7.80. The fraction of sp³-hybridized carbons (Fsp3) is 0.444. The van der Waals surface area contributed by atoms with Crippen molar-refractivity contribution in [1.29, 1.82) is 0 Å². The summed E-state index contributed by atoms with van der Waals surface area (Å²) in [6, 6.07) is 6.07. The van der Waals surface area contributed by atoms with Gasteiger partial charge in [0, 0.05) is 54.9 Å². The highest BCUT2D eigenvalue weighted by atomic mass is 35.5. The molecule has 1 atom stereocenters. The lowest BCUT2D eigenvalue weighted by Crippen LogP contribution is -2.42. The SMILES string of the molecule is CN(c1nccnc1CNc1nc(Nc2ccc3c(c2)CCN(C(=O)OC(C)(C)C)CC3(C)C)ncc1Cl)S(=O)[O-]. The Morgan fingerprint density at radius 3 is 2.68 bits per heavy atom. The molecule has 1 amide bonds. The third-order valence-electron chi connectivity index (χ3n) is 6.42. The molecule has 0 saturated carbocycles. The molecule has 41 heavy (non-hydrogen) atoms. The van der Waals surface area contributed by atoms with Crippen LogP contribution in [0.3, 0.4) is 0 Å². The number of rotatable bonds is 7. The number of ether oxygens (including phenoxy) is 1. The van der Waals surface area contributed by atoms with Gasteiger partial charge in [-0.3, -0.25) is 13.5 Å². The normalized spacial score (nSPS) is 15.4. The summed E-state index contributed by atoms with van der Waals surface area (Å²) in [5, 5.41) is 6.61. The van der Waals surface area contributed by atoms with E-state index in [1.807, 2.05) is 32.9 Å². The zero-order valence-corrected chi connectivity index (χ0v) is 25.5. The van der Waals surface area contributed by atoms with Crippen molar-refractivity contribution < 1.29 is 18.3 Å². The number of fused-ring (bicyclic) bond motifs is 1. The van der Waals surface area contributed by atoms with Crippen LogP contribution in [-0.4, -0.2) is 65.4 Å². The van der Waals surface area contributed by atoms with Crippen LogP contribution >= 0.6 is 11.6 Å². The fourth-order valence-corrected chi connectivity index (χ4v) is 5.03. The molecule has 1 unspecified atom stereocenters. The van der Waals surface area contributed by atoms with Crippen LogP contribution in [0.25, 0.3) is 0 Å². The smallest absolute Gasteiger partial charge is 0.410 e. The van der Waals surface area contributed by atoms with Crippen LogP contribution in [-0.2, 0) is 34.4 Å².